The summed E-state index contributed by atoms with van der Waals surface area (Å²) >= 11 is 1.94. The Kier molecular flexibility index (Phi) is 3.66. The van der Waals surface area contributed by atoms with Gasteiger partial charge in [-0.25, -0.2) is 0 Å². The normalized spacial score (nSPS) is 19.6. The average Bonchev–Trinajstić information content (AvgIpc) is 2.79. The molecule has 1 aliphatic rings. The van der Waals surface area contributed by atoms with Crippen LogP contribution in [0.1, 0.15) is 16.8 Å². The first-order valence-corrected chi connectivity index (χ1v) is 6.48. The number of aromatic nitrogens is 1. The number of thioether (sulfide) groups is 1. The molecule has 0 spiro atoms. The van der Waals surface area contributed by atoms with E-state index in [-0.39, 0.29) is 5.91 Å². The Hall–Kier alpha value is -1.23. The standard InChI is InChI=1S/C11H15N3OS/c12-10-1-3-13-6-9(10)11(15)14-5-8-2-4-16-7-8/h1,3,6,8H,2,4-5,7H2,(H2,12,13)(H,14,15). The first-order chi connectivity index (χ1) is 7.77. The number of hydrogen-bond acceptors (Lipinski definition) is 4. The molecule has 2 heterocycles. The zero-order valence-corrected chi connectivity index (χ0v) is 9.80. The van der Waals surface area contributed by atoms with Gasteiger partial charge in [0.25, 0.3) is 5.91 Å². The zero-order valence-electron chi connectivity index (χ0n) is 8.98. The van der Waals surface area contributed by atoms with Crippen LogP contribution in [0, 0.1) is 5.92 Å². The number of nitrogens with one attached hydrogen (secondary N) is 1. The minimum absolute atomic E-state index is 0.123. The number of pyridine rings is 1. The number of hydrogen-bond donors (Lipinski definition) is 2. The molecule has 86 valence electrons. The summed E-state index contributed by atoms with van der Waals surface area (Å²) in [5.74, 6) is 2.83. The number of rotatable bonds is 3. The molecule has 0 radical (unpaired) electrons. The Morgan fingerprint density at radius 3 is 3.25 bits per heavy atom. The van der Waals surface area contributed by atoms with E-state index in [1.807, 2.05) is 11.8 Å². The molecule has 1 aliphatic heterocycles. The van der Waals surface area contributed by atoms with Gasteiger partial charge >= 0.3 is 0 Å². The molecule has 0 aromatic carbocycles. The van der Waals surface area contributed by atoms with Crippen LogP contribution in [-0.4, -0.2) is 28.9 Å². The number of nitrogens with two attached hydrogens (primary N) is 1. The van der Waals surface area contributed by atoms with E-state index < -0.39 is 0 Å². The maximum atomic E-state index is 11.8. The fourth-order valence-electron chi connectivity index (χ4n) is 1.67. The van der Waals surface area contributed by atoms with Crippen LogP contribution in [0.5, 0.6) is 0 Å². The van der Waals surface area contributed by atoms with E-state index in [1.165, 1.54) is 18.4 Å². The lowest BCUT2D eigenvalue weighted by Gasteiger charge is -2.10. The van der Waals surface area contributed by atoms with Gasteiger partial charge in [-0.3, -0.25) is 9.78 Å². The summed E-state index contributed by atoms with van der Waals surface area (Å²) in [5, 5.41) is 2.91. The van der Waals surface area contributed by atoms with Crippen molar-refractivity contribution in [1.29, 1.82) is 0 Å². The zero-order chi connectivity index (χ0) is 11.4. The van der Waals surface area contributed by atoms with Gasteiger partial charge in [0.05, 0.1) is 5.56 Å². The highest BCUT2D eigenvalue weighted by Crippen LogP contribution is 2.22. The summed E-state index contributed by atoms with van der Waals surface area (Å²) < 4.78 is 0. The van der Waals surface area contributed by atoms with Crippen molar-refractivity contribution < 1.29 is 4.79 Å². The van der Waals surface area contributed by atoms with Gasteiger partial charge in [0, 0.05) is 24.6 Å². The van der Waals surface area contributed by atoms with Gasteiger partial charge in [-0.1, -0.05) is 0 Å². The van der Waals surface area contributed by atoms with E-state index in [9.17, 15) is 4.79 Å². The van der Waals surface area contributed by atoms with Crippen LogP contribution < -0.4 is 11.1 Å². The van der Waals surface area contributed by atoms with Crippen molar-refractivity contribution in [2.45, 2.75) is 6.42 Å². The van der Waals surface area contributed by atoms with Crippen LogP contribution in [0.3, 0.4) is 0 Å². The molecule has 0 saturated carbocycles. The van der Waals surface area contributed by atoms with Crippen LogP contribution in [0.15, 0.2) is 18.5 Å². The average molecular weight is 237 g/mol. The Bertz CT molecular complexity index is 377. The van der Waals surface area contributed by atoms with Crippen molar-refractivity contribution in [3.8, 4) is 0 Å². The molecule has 1 unspecified atom stereocenters. The lowest BCUT2D eigenvalue weighted by molar-refractivity contribution is 0.0949. The molecule has 1 fully saturated rings. The molecule has 0 bridgehead atoms. The summed E-state index contributed by atoms with van der Waals surface area (Å²) in [7, 11) is 0. The topological polar surface area (TPSA) is 68.0 Å². The summed E-state index contributed by atoms with van der Waals surface area (Å²) in [6, 6.07) is 1.64. The molecule has 1 aromatic rings. The third-order valence-corrected chi connectivity index (χ3v) is 3.91. The van der Waals surface area contributed by atoms with E-state index in [0.29, 0.717) is 17.2 Å². The van der Waals surface area contributed by atoms with Crippen molar-refractivity contribution in [2.24, 2.45) is 5.92 Å². The Morgan fingerprint density at radius 1 is 1.69 bits per heavy atom. The van der Waals surface area contributed by atoms with Gasteiger partial charge in [0.2, 0.25) is 0 Å². The fraction of sp³-hybridized carbons (Fsp3) is 0.455. The van der Waals surface area contributed by atoms with Crippen LogP contribution in [0.2, 0.25) is 0 Å². The van der Waals surface area contributed by atoms with E-state index in [1.54, 1.807) is 12.3 Å². The number of nitrogen functional groups attached to an aromatic ring is 1. The van der Waals surface area contributed by atoms with Gasteiger partial charge in [0.15, 0.2) is 0 Å². The molecule has 1 aromatic heterocycles. The highest BCUT2D eigenvalue weighted by atomic mass is 32.2. The third kappa shape index (κ3) is 2.66. The van der Waals surface area contributed by atoms with E-state index in [2.05, 4.69) is 10.3 Å². The van der Waals surface area contributed by atoms with Gasteiger partial charge in [-0.15, -0.1) is 0 Å². The van der Waals surface area contributed by atoms with E-state index in [0.717, 1.165) is 12.3 Å². The van der Waals surface area contributed by atoms with Crippen LogP contribution in [0.25, 0.3) is 0 Å². The molecule has 3 N–H and O–H groups in total. The highest BCUT2D eigenvalue weighted by molar-refractivity contribution is 7.99. The lowest BCUT2D eigenvalue weighted by atomic mass is 10.1. The van der Waals surface area contributed by atoms with Gasteiger partial charge in [-0.2, -0.15) is 11.8 Å². The highest BCUT2D eigenvalue weighted by Gasteiger charge is 2.17. The second-order valence-electron chi connectivity index (χ2n) is 3.90. The number of carbonyl (C=O) groups is 1. The molecule has 1 amide bonds. The summed E-state index contributed by atoms with van der Waals surface area (Å²) in [6.45, 7) is 0.736. The van der Waals surface area contributed by atoms with Gasteiger partial charge in [-0.05, 0) is 29.9 Å². The van der Waals surface area contributed by atoms with Crippen molar-refractivity contribution in [2.75, 3.05) is 23.8 Å². The SMILES string of the molecule is Nc1ccncc1C(=O)NCC1CCSC1. The van der Waals surface area contributed by atoms with Crippen LogP contribution in [0.4, 0.5) is 5.69 Å². The quantitative estimate of drug-likeness (QED) is 0.827. The molecule has 2 rings (SSSR count). The van der Waals surface area contributed by atoms with Crippen molar-refractivity contribution >= 4 is 23.4 Å². The Labute approximate surface area is 99.0 Å². The second kappa shape index (κ2) is 5.21. The Morgan fingerprint density at radius 2 is 2.56 bits per heavy atom. The molecule has 0 aliphatic carbocycles. The number of anilines is 1. The maximum absolute atomic E-state index is 11.8. The van der Waals surface area contributed by atoms with E-state index in [4.69, 9.17) is 5.73 Å². The first kappa shape index (κ1) is 11.3. The number of amides is 1. The summed E-state index contributed by atoms with van der Waals surface area (Å²) in [6.07, 6.45) is 4.28. The number of carbonyl (C=O) groups excluding carboxylic acids is 1. The predicted molar refractivity (Wildman–Crippen MR) is 66.4 cm³/mol. The minimum Gasteiger partial charge on any atom is -0.398 e. The third-order valence-electron chi connectivity index (χ3n) is 2.67. The maximum Gasteiger partial charge on any atom is 0.254 e. The fourth-order valence-corrected chi connectivity index (χ4v) is 2.96. The van der Waals surface area contributed by atoms with Crippen molar-refractivity contribution in [3.05, 3.63) is 24.0 Å². The van der Waals surface area contributed by atoms with Crippen molar-refractivity contribution in [3.63, 3.8) is 0 Å². The van der Waals surface area contributed by atoms with Crippen LogP contribution in [-0.2, 0) is 0 Å². The number of nitrogens with zero attached hydrogens (tertiary/aromatic N) is 1. The molecule has 5 heteroatoms. The molecular weight excluding hydrogens is 222 g/mol. The largest absolute Gasteiger partial charge is 0.398 e. The summed E-state index contributed by atoms with van der Waals surface area (Å²) in [4.78, 5) is 15.7. The molecular formula is C11H15N3OS. The second-order valence-corrected chi connectivity index (χ2v) is 5.05. The van der Waals surface area contributed by atoms with Gasteiger partial charge in [0.1, 0.15) is 0 Å². The minimum atomic E-state index is -0.123. The molecule has 1 atom stereocenters. The Balaban J connectivity index is 1.90. The monoisotopic (exact) mass is 237 g/mol. The molecule has 4 nitrogen and oxygen atoms in total. The smallest absolute Gasteiger partial charge is 0.254 e. The summed E-state index contributed by atoms with van der Waals surface area (Å²) in [5.41, 5.74) is 6.65. The molecule has 1 saturated heterocycles. The van der Waals surface area contributed by atoms with Gasteiger partial charge < -0.3 is 11.1 Å². The first-order valence-electron chi connectivity index (χ1n) is 5.33. The predicted octanol–water partition coefficient (Wildman–Crippen LogP) is 1.15. The van der Waals surface area contributed by atoms with Crippen molar-refractivity contribution in [1.82, 2.24) is 10.3 Å². The lowest BCUT2D eigenvalue weighted by Crippen LogP contribution is -2.29. The van der Waals surface area contributed by atoms with E-state index >= 15 is 0 Å². The molecule has 16 heavy (non-hydrogen) atoms. The van der Waals surface area contributed by atoms with Crippen LogP contribution >= 0.6 is 11.8 Å².